The van der Waals surface area contributed by atoms with Crippen LogP contribution in [0.2, 0.25) is 5.02 Å². The average Bonchev–Trinajstić information content (AvgIpc) is 2.43. The van der Waals surface area contributed by atoms with Crippen LogP contribution in [0.1, 0.15) is 28.4 Å². The Morgan fingerprint density at radius 3 is 2.71 bits per heavy atom. The molecule has 0 aliphatic carbocycles. The summed E-state index contributed by atoms with van der Waals surface area (Å²) in [6, 6.07) is 8.92. The van der Waals surface area contributed by atoms with Crippen molar-refractivity contribution >= 4 is 44.8 Å². The Kier molecular flexibility index (Phi) is 4.91. The van der Waals surface area contributed by atoms with Gasteiger partial charge in [-0.2, -0.15) is 0 Å². The van der Waals surface area contributed by atoms with E-state index >= 15 is 0 Å². The van der Waals surface area contributed by atoms with Crippen LogP contribution in [0.5, 0.6) is 0 Å². The molecule has 0 radical (unpaired) electrons. The number of nitrogen functional groups attached to an aromatic ring is 1. The van der Waals surface area contributed by atoms with Gasteiger partial charge in [-0.25, -0.2) is 0 Å². The summed E-state index contributed by atoms with van der Waals surface area (Å²) in [5.41, 5.74) is 9.72. The Bertz CT molecular complexity index is 701. The van der Waals surface area contributed by atoms with E-state index < -0.39 is 0 Å². The van der Waals surface area contributed by atoms with E-state index in [2.05, 4.69) is 21.2 Å². The van der Waals surface area contributed by atoms with Crippen LogP contribution in [-0.2, 0) is 6.42 Å². The normalized spacial score (nSPS) is 10.5. The fraction of sp³-hybridized carbons (Fsp3) is 0.188. The summed E-state index contributed by atoms with van der Waals surface area (Å²) in [5.74, 6) is -0.233. The number of halogens is 2. The van der Waals surface area contributed by atoms with Crippen molar-refractivity contribution in [3.63, 3.8) is 0 Å². The van der Waals surface area contributed by atoms with Crippen LogP contribution < -0.4 is 11.1 Å². The zero-order valence-electron chi connectivity index (χ0n) is 11.8. The van der Waals surface area contributed by atoms with E-state index in [-0.39, 0.29) is 5.91 Å². The molecule has 0 saturated carbocycles. The SMILES string of the molecule is CCc1cc(N)cc(C)c1NC(=O)c1cc(Br)ccc1Cl. The van der Waals surface area contributed by atoms with Crippen LogP contribution in [0.4, 0.5) is 11.4 Å². The molecule has 0 spiro atoms. The maximum Gasteiger partial charge on any atom is 0.257 e. The highest BCUT2D eigenvalue weighted by Gasteiger charge is 2.14. The van der Waals surface area contributed by atoms with Gasteiger partial charge in [-0.05, 0) is 54.8 Å². The predicted octanol–water partition coefficient (Wildman–Crippen LogP) is 4.81. The second-order valence-corrected chi connectivity index (χ2v) is 6.13. The molecule has 0 bridgehead atoms. The standard InChI is InChI=1S/C16H16BrClN2O/c1-3-10-7-12(19)6-9(2)15(10)20-16(21)13-8-11(17)4-5-14(13)18/h4-8H,3,19H2,1-2H3,(H,20,21). The lowest BCUT2D eigenvalue weighted by molar-refractivity contribution is 0.102. The number of nitrogens with one attached hydrogen (secondary N) is 1. The lowest BCUT2D eigenvalue weighted by Gasteiger charge is -2.15. The first kappa shape index (κ1) is 15.9. The van der Waals surface area contributed by atoms with Gasteiger partial charge in [0.25, 0.3) is 5.91 Å². The van der Waals surface area contributed by atoms with Gasteiger partial charge < -0.3 is 11.1 Å². The molecule has 1 amide bonds. The highest BCUT2D eigenvalue weighted by Crippen LogP contribution is 2.27. The van der Waals surface area contributed by atoms with E-state index in [4.69, 9.17) is 17.3 Å². The second kappa shape index (κ2) is 6.50. The Balaban J connectivity index is 2.38. The van der Waals surface area contributed by atoms with Crippen LogP contribution in [0.25, 0.3) is 0 Å². The number of hydrogen-bond acceptors (Lipinski definition) is 2. The third-order valence-electron chi connectivity index (χ3n) is 3.23. The highest BCUT2D eigenvalue weighted by molar-refractivity contribution is 9.10. The summed E-state index contributed by atoms with van der Waals surface area (Å²) < 4.78 is 0.807. The predicted molar refractivity (Wildman–Crippen MR) is 92.1 cm³/mol. The van der Waals surface area contributed by atoms with Gasteiger partial charge in [0.2, 0.25) is 0 Å². The summed E-state index contributed by atoms with van der Waals surface area (Å²) in [4.78, 5) is 12.4. The molecule has 0 fully saturated rings. The van der Waals surface area contributed by atoms with Gasteiger partial charge in [0.15, 0.2) is 0 Å². The van der Waals surface area contributed by atoms with Crippen molar-refractivity contribution in [3.05, 3.63) is 56.5 Å². The highest BCUT2D eigenvalue weighted by atomic mass is 79.9. The number of anilines is 2. The van der Waals surface area contributed by atoms with Gasteiger partial charge in [-0.1, -0.05) is 34.5 Å². The second-order valence-electron chi connectivity index (χ2n) is 4.80. The Morgan fingerprint density at radius 2 is 2.05 bits per heavy atom. The topological polar surface area (TPSA) is 55.1 Å². The lowest BCUT2D eigenvalue weighted by atomic mass is 10.0. The van der Waals surface area contributed by atoms with Crippen LogP contribution >= 0.6 is 27.5 Å². The van der Waals surface area contributed by atoms with Gasteiger partial charge in [-0.15, -0.1) is 0 Å². The van der Waals surface area contributed by atoms with Gasteiger partial charge in [-0.3, -0.25) is 4.79 Å². The van der Waals surface area contributed by atoms with Crippen molar-refractivity contribution in [1.29, 1.82) is 0 Å². The molecule has 3 N–H and O–H groups in total. The molecule has 0 aromatic heterocycles. The van der Waals surface area contributed by atoms with Gasteiger partial charge >= 0.3 is 0 Å². The minimum Gasteiger partial charge on any atom is -0.399 e. The van der Waals surface area contributed by atoms with E-state index in [1.165, 1.54) is 0 Å². The number of hydrogen-bond donors (Lipinski definition) is 2. The molecule has 0 atom stereocenters. The molecule has 2 aromatic carbocycles. The summed E-state index contributed by atoms with van der Waals surface area (Å²) in [7, 11) is 0. The van der Waals surface area contributed by atoms with Crippen LogP contribution in [-0.4, -0.2) is 5.91 Å². The number of aryl methyl sites for hydroxylation is 2. The summed E-state index contributed by atoms with van der Waals surface area (Å²) in [6.45, 7) is 3.95. The van der Waals surface area contributed by atoms with Crippen molar-refractivity contribution in [2.75, 3.05) is 11.1 Å². The Morgan fingerprint density at radius 1 is 1.33 bits per heavy atom. The summed E-state index contributed by atoms with van der Waals surface area (Å²) >= 11 is 9.44. The number of rotatable bonds is 3. The minimum atomic E-state index is -0.233. The maximum atomic E-state index is 12.4. The first-order valence-corrected chi connectivity index (χ1v) is 7.75. The monoisotopic (exact) mass is 366 g/mol. The molecule has 0 aliphatic heterocycles. The zero-order chi connectivity index (χ0) is 15.6. The first-order valence-electron chi connectivity index (χ1n) is 6.57. The number of nitrogens with two attached hydrogens (primary N) is 1. The van der Waals surface area contributed by atoms with Crippen molar-refractivity contribution in [1.82, 2.24) is 0 Å². The third-order valence-corrected chi connectivity index (χ3v) is 4.05. The molecule has 2 rings (SSSR count). The molecule has 0 unspecified atom stereocenters. The van der Waals surface area contributed by atoms with Gasteiger partial charge in [0.05, 0.1) is 10.6 Å². The van der Waals surface area contributed by atoms with Crippen molar-refractivity contribution in [3.8, 4) is 0 Å². The smallest absolute Gasteiger partial charge is 0.257 e. The quantitative estimate of drug-likeness (QED) is 0.765. The first-order chi connectivity index (χ1) is 9.92. The number of benzene rings is 2. The van der Waals surface area contributed by atoms with E-state index in [1.54, 1.807) is 18.2 Å². The molecular formula is C16H16BrClN2O. The van der Waals surface area contributed by atoms with E-state index in [1.807, 2.05) is 26.0 Å². The lowest BCUT2D eigenvalue weighted by Crippen LogP contribution is -2.15. The Labute approximate surface area is 137 Å². The number of amides is 1. The van der Waals surface area contributed by atoms with Gasteiger partial charge in [0, 0.05) is 15.8 Å². The molecule has 110 valence electrons. The molecule has 0 aliphatic rings. The molecule has 3 nitrogen and oxygen atoms in total. The average molecular weight is 368 g/mol. The minimum absolute atomic E-state index is 0.233. The molecule has 21 heavy (non-hydrogen) atoms. The Hall–Kier alpha value is -1.52. The van der Waals surface area contributed by atoms with Crippen molar-refractivity contribution < 1.29 is 4.79 Å². The maximum absolute atomic E-state index is 12.4. The van der Waals surface area contributed by atoms with Crippen molar-refractivity contribution in [2.45, 2.75) is 20.3 Å². The molecule has 5 heteroatoms. The van der Waals surface area contributed by atoms with E-state index in [9.17, 15) is 4.79 Å². The van der Waals surface area contributed by atoms with Crippen LogP contribution in [0.15, 0.2) is 34.8 Å². The largest absolute Gasteiger partial charge is 0.399 e. The fourth-order valence-electron chi connectivity index (χ4n) is 2.20. The third kappa shape index (κ3) is 3.57. The molecule has 0 saturated heterocycles. The van der Waals surface area contributed by atoms with Crippen LogP contribution in [0.3, 0.4) is 0 Å². The van der Waals surface area contributed by atoms with Crippen LogP contribution in [0, 0.1) is 6.92 Å². The van der Waals surface area contributed by atoms with Gasteiger partial charge in [0.1, 0.15) is 0 Å². The zero-order valence-corrected chi connectivity index (χ0v) is 14.2. The van der Waals surface area contributed by atoms with E-state index in [0.29, 0.717) is 16.3 Å². The summed E-state index contributed by atoms with van der Waals surface area (Å²) in [6.07, 6.45) is 0.785. The fourth-order valence-corrected chi connectivity index (χ4v) is 2.76. The number of carbonyl (C=O) groups excluding carboxylic acids is 1. The molecule has 0 heterocycles. The molecule has 2 aromatic rings. The van der Waals surface area contributed by atoms with Crippen molar-refractivity contribution in [2.24, 2.45) is 0 Å². The summed E-state index contributed by atoms with van der Waals surface area (Å²) in [5, 5.41) is 3.36. The molecular weight excluding hydrogens is 352 g/mol. The number of carbonyl (C=O) groups is 1. The van der Waals surface area contributed by atoms with E-state index in [0.717, 1.165) is 27.7 Å².